The van der Waals surface area contributed by atoms with Crippen LogP contribution in [0.3, 0.4) is 0 Å². The summed E-state index contributed by atoms with van der Waals surface area (Å²) in [6.07, 6.45) is -1.81. The van der Waals surface area contributed by atoms with Crippen LogP contribution in [0.4, 0.5) is 19.0 Å². The van der Waals surface area contributed by atoms with E-state index in [-0.39, 0.29) is 11.9 Å². The first-order valence-corrected chi connectivity index (χ1v) is 5.46. The highest BCUT2D eigenvalue weighted by Gasteiger charge is 2.36. The number of nitrogens with one attached hydrogen (secondary N) is 1. The Balaban J connectivity index is 2.30. The van der Waals surface area contributed by atoms with E-state index in [1.165, 1.54) is 0 Å². The summed E-state index contributed by atoms with van der Waals surface area (Å²) in [7, 11) is 0. The van der Waals surface area contributed by atoms with E-state index in [2.05, 4.69) is 10.3 Å². The van der Waals surface area contributed by atoms with E-state index in [1.54, 1.807) is 0 Å². The summed E-state index contributed by atoms with van der Waals surface area (Å²) < 4.78 is 37.7. The Morgan fingerprint density at radius 2 is 2.06 bits per heavy atom. The first-order chi connectivity index (χ1) is 8.38. The SMILES string of the molecule is O=C(O)c1nc(NC2CCC2)ccc1C(F)(F)F. The van der Waals surface area contributed by atoms with Gasteiger partial charge < -0.3 is 10.4 Å². The average Bonchev–Trinajstić information content (AvgIpc) is 2.21. The number of carboxylic acid groups (broad SMARTS) is 1. The van der Waals surface area contributed by atoms with Crippen molar-refractivity contribution in [2.24, 2.45) is 0 Å². The number of aromatic carboxylic acids is 1. The number of alkyl halides is 3. The van der Waals surface area contributed by atoms with E-state index in [4.69, 9.17) is 5.11 Å². The van der Waals surface area contributed by atoms with Gasteiger partial charge in [0.05, 0.1) is 5.56 Å². The number of hydrogen-bond acceptors (Lipinski definition) is 3. The predicted molar refractivity (Wildman–Crippen MR) is 57.5 cm³/mol. The molecule has 0 aliphatic heterocycles. The van der Waals surface area contributed by atoms with Crippen LogP contribution >= 0.6 is 0 Å². The zero-order valence-corrected chi connectivity index (χ0v) is 9.29. The van der Waals surface area contributed by atoms with E-state index in [1.807, 2.05) is 0 Å². The normalized spacial score (nSPS) is 16.2. The van der Waals surface area contributed by atoms with Crippen molar-refractivity contribution < 1.29 is 23.1 Å². The fraction of sp³-hybridized carbons (Fsp3) is 0.455. The highest BCUT2D eigenvalue weighted by Crippen LogP contribution is 2.32. The van der Waals surface area contributed by atoms with Crippen molar-refractivity contribution in [3.05, 3.63) is 23.4 Å². The first kappa shape index (κ1) is 12.7. The van der Waals surface area contributed by atoms with Gasteiger partial charge in [0.2, 0.25) is 0 Å². The molecule has 2 N–H and O–H groups in total. The van der Waals surface area contributed by atoms with Crippen LogP contribution in [0.1, 0.15) is 35.3 Å². The minimum atomic E-state index is -4.71. The Morgan fingerprint density at radius 1 is 1.39 bits per heavy atom. The van der Waals surface area contributed by atoms with Crippen LogP contribution in [-0.4, -0.2) is 22.1 Å². The van der Waals surface area contributed by atoms with Gasteiger partial charge >= 0.3 is 12.1 Å². The number of anilines is 1. The molecule has 0 aromatic carbocycles. The zero-order valence-electron chi connectivity index (χ0n) is 9.29. The standard InChI is InChI=1S/C11H11F3N2O2/c12-11(13,14)7-4-5-8(15-6-2-1-3-6)16-9(7)10(17)18/h4-6H,1-3H2,(H,15,16)(H,17,18). The van der Waals surface area contributed by atoms with E-state index >= 15 is 0 Å². The maximum atomic E-state index is 12.6. The van der Waals surface area contributed by atoms with Crippen LogP contribution < -0.4 is 5.32 Å². The molecule has 0 radical (unpaired) electrons. The van der Waals surface area contributed by atoms with Gasteiger partial charge in [0.1, 0.15) is 5.82 Å². The predicted octanol–water partition coefficient (Wildman–Crippen LogP) is 2.76. The summed E-state index contributed by atoms with van der Waals surface area (Å²) in [5, 5.41) is 11.7. The molecular weight excluding hydrogens is 249 g/mol. The molecule has 0 atom stereocenters. The Morgan fingerprint density at radius 3 is 2.50 bits per heavy atom. The van der Waals surface area contributed by atoms with Gasteiger partial charge in [-0.3, -0.25) is 0 Å². The van der Waals surface area contributed by atoms with Crippen LogP contribution in [0.15, 0.2) is 12.1 Å². The second-order valence-electron chi connectivity index (χ2n) is 4.17. The molecule has 0 bridgehead atoms. The molecule has 98 valence electrons. The van der Waals surface area contributed by atoms with E-state index in [0.717, 1.165) is 31.4 Å². The molecule has 4 nitrogen and oxygen atoms in total. The number of pyridine rings is 1. The van der Waals surface area contributed by atoms with Crippen molar-refractivity contribution in [2.75, 3.05) is 5.32 Å². The molecule has 0 amide bonds. The Hall–Kier alpha value is -1.79. The van der Waals surface area contributed by atoms with E-state index in [0.29, 0.717) is 0 Å². The van der Waals surface area contributed by atoms with Gasteiger partial charge in [0.25, 0.3) is 0 Å². The molecule has 1 aliphatic carbocycles. The number of rotatable bonds is 3. The van der Waals surface area contributed by atoms with E-state index < -0.39 is 23.4 Å². The van der Waals surface area contributed by atoms with Crippen molar-refractivity contribution in [3.8, 4) is 0 Å². The second kappa shape index (κ2) is 4.47. The van der Waals surface area contributed by atoms with Gasteiger partial charge in [0.15, 0.2) is 5.69 Å². The number of carbonyl (C=O) groups is 1. The Labute approximate surface area is 101 Å². The van der Waals surface area contributed by atoms with Crippen molar-refractivity contribution in [2.45, 2.75) is 31.5 Å². The van der Waals surface area contributed by atoms with Gasteiger partial charge in [-0.25, -0.2) is 9.78 Å². The maximum Gasteiger partial charge on any atom is 0.418 e. The van der Waals surface area contributed by atoms with Gasteiger partial charge in [0, 0.05) is 6.04 Å². The lowest BCUT2D eigenvalue weighted by atomic mass is 9.93. The molecule has 7 heteroatoms. The molecule has 0 unspecified atom stereocenters. The summed E-state index contributed by atoms with van der Waals surface area (Å²) in [5.74, 6) is -1.51. The Kier molecular flexibility index (Phi) is 3.14. The summed E-state index contributed by atoms with van der Waals surface area (Å²) in [6.45, 7) is 0. The quantitative estimate of drug-likeness (QED) is 0.877. The monoisotopic (exact) mass is 260 g/mol. The molecule has 1 fully saturated rings. The van der Waals surface area contributed by atoms with Crippen LogP contribution in [0.2, 0.25) is 0 Å². The lowest BCUT2D eigenvalue weighted by molar-refractivity contribution is -0.138. The third-order valence-electron chi connectivity index (χ3n) is 2.86. The van der Waals surface area contributed by atoms with Crippen molar-refractivity contribution >= 4 is 11.8 Å². The molecular formula is C11H11F3N2O2. The number of hydrogen-bond donors (Lipinski definition) is 2. The van der Waals surface area contributed by atoms with Gasteiger partial charge in [-0.05, 0) is 31.4 Å². The number of aromatic nitrogens is 1. The fourth-order valence-electron chi connectivity index (χ4n) is 1.69. The minimum absolute atomic E-state index is 0.171. The molecule has 1 aromatic heterocycles. The molecule has 1 aromatic rings. The third kappa shape index (κ3) is 2.55. The van der Waals surface area contributed by atoms with Crippen LogP contribution in [-0.2, 0) is 6.18 Å². The smallest absolute Gasteiger partial charge is 0.418 e. The van der Waals surface area contributed by atoms with Crippen molar-refractivity contribution in [3.63, 3.8) is 0 Å². The van der Waals surface area contributed by atoms with Gasteiger partial charge in [-0.2, -0.15) is 13.2 Å². The number of halogens is 3. The second-order valence-corrected chi connectivity index (χ2v) is 4.17. The average molecular weight is 260 g/mol. The minimum Gasteiger partial charge on any atom is -0.476 e. The lowest BCUT2D eigenvalue weighted by Gasteiger charge is -2.27. The molecule has 18 heavy (non-hydrogen) atoms. The highest BCUT2D eigenvalue weighted by atomic mass is 19.4. The lowest BCUT2D eigenvalue weighted by Crippen LogP contribution is -2.28. The van der Waals surface area contributed by atoms with E-state index in [9.17, 15) is 18.0 Å². The molecule has 0 spiro atoms. The van der Waals surface area contributed by atoms with Crippen LogP contribution in [0.25, 0.3) is 0 Å². The largest absolute Gasteiger partial charge is 0.476 e. The Bertz CT molecular complexity index is 470. The van der Waals surface area contributed by atoms with Crippen molar-refractivity contribution in [1.29, 1.82) is 0 Å². The molecule has 1 aliphatic rings. The van der Waals surface area contributed by atoms with Gasteiger partial charge in [-0.15, -0.1) is 0 Å². The summed E-state index contributed by atoms with van der Waals surface area (Å²) in [4.78, 5) is 14.3. The molecule has 1 heterocycles. The first-order valence-electron chi connectivity index (χ1n) is 5.46. The number of carboxylic acids is 1. The highest BCUT2D eigenvalue weighted by molar-refractivity contribution is 5.87. The maximum absolute atomic E-state index is 12.6. The third-order valence-corrected chi connectivity index (χ3v) is 2.86. The van der Waals surface area contributed by atoms with Gasteiger partial charge in [-0.1, -0.05) is 0 Å². The fourth-order valence-corrected chi connectivity index (χ4v) is 1.69. The topological polar surface area (TPSA) is 62.2 Å². The summed E-state index contributed by atoms with van der Waals surface area (Å²) in [5.41, 5.74) is -2.19. The summed E-state index contributed by atoms with van der Waals surface area (Å²) >= 11 is 0. The molecule has 2 rings (SSSR count). The molecule has 1 saturated carbocycles. The van der Waals surface area contributed by atoms with Crippen molar-refractivity contribution in [1.82, 2.24) is 4.98 Å². The molecule has 0 saturated heterocycles. The number of nitrogens with zero attached hydrogens (tertiary/aromatic N) is 1. The zero-order chi connectivity index (χ0) is 13.3. The summed E-state index contributed by atoms with van der Waals surface area (Å²) in [6, 6.07) is 2.08. The van der Waals surface area contributed by atoms with Crippen LogP contribution in [0, 0.1) is 0 Å². The van der Waals surface area contributed by atoms with Crippen LogP contribution in [0.5, 0.6) is 0 Å².